The Morgan fingerprint density at radius 1 is 0.857 bits per heavy atom. The number of nitrogens with one attached hydrogen (secondary N) is 1. The average Bonchev–Trinajstić information content (AvgIpc) is 3.10. The van der Waals surface area contributed by atoms with Crippen molar-refractivity contribution in [2.45, 2.75) is 12.5 Å². The summed E-state index contributed by atoms with van der Waals surface area (Å²) in [5.41, 5.74) is 4.73. The minimum absolute atomic E-state index is 0.00558. The van der Waals surface area contributed by atoms with E-state index in [-0.39, 0.29) is 5.91 Å². The van der Waals surface area contributed by atoms with Gasteiger partial charge < -0.3 is 24.8 Å². The summed E-state index contributed by atoms with van der Waals surface area (Å²) < 4.78 is 6.21. The van der Waals surface area contributed by atoms with Gasteiger partial charge in [-0.3, -0.25) is 9.78 Å². The number of benzene rings is 3. The zero-order valence-corrected chi connectivity index (χ0v) is 25.8. The highest BCUT2D eigenvalue weighted by Gasteiger charge is 2.31. The summed E-state index contributed by atoms with van der Waals surface area (Å²) >= 11 is 6.12. The largest absolute Gasteiger partial charge is 0.363 e. The van der Waals surface area contributed by atoms with Crippen molar-refractivity contribution in [2.75, 3.05) is 64.6 Å². The quantitative estimate of drug-likeness (QED) is 0.241. The van der Waals surface area contributed by atoms with E-state index in [4.69, 9.17) is 16.3 Å². The van der Waals surface area contributed by atoms with E-state index in [9.17, 15) is 4.79 Å². The lowest BCUT2D eigenvalue weighted by Crippen LogP contribution is -2.36. The number of para-hydroxylation sites is 1. The molecule has 220 valence electrons. The van der Waals surface area contributed by atoms with E-state index in [1.807, 2.05) is 118 Å². The Labute approximate surface area is 254 Å². The minimum atomic E-state index is -0.515. The molecule has 3 aromatic carbocycles. The van der Waals surface area contributed by atoms with Gasteiger partial charge in [0.25, 0.3) is 5.91 Å². The lowest BCUT2D eigenvalue weighted by atomic mass is 9.91. The average molecular weight is 586 g/mol. The number of aromatic nitrogens is 1. The molecule has 0 bridgehead atoms. The number of amides is 1. The molecule has 0 saturated heterocycles. The Morgan fingerprint density at radius 2 is 1.55 bits per heavy atom. The lowest BCUT2D eigenvalue weighted by Gasteiger charge is -2.30. The number of fused-ring (bicyclic) bond motifs is 2. The molecule has 1 aliphatic rings. The van der Waals surface area contributed by atoms with Crippen LogP contribution in [-0.4, -0.2) is 75.1 Å². The maximum Gasteiger partial charge on any atom is 0.260 e. The van der Waals surface area contributed by atoms with Crippen molar-refractivity contribution in [2.24, 2.45) is 0 Å². The van der Waals surface area contributed by atoms with Crippen molar-refractivity contribution < 1.29 is 9.53 Å². The second kappa shape index (κ2) is 14.4. The van der Waals surface area contributed by atoms with E-state index >= 15 is 0 Å². The summed E-state index contributed by atoms with van der Waals surface area (Å²) in [7, 11) is 8.09. The van der Waals surface area contributed by atoms with E-state index < -0.39 is 5.60 Å². The number of anilines is 3. The van der Waals surface area contributed by atoms with Crippen molar-refractivity contribution in [1.82, 2.24) is 14.8 Å². The van der Waals surface area contributed by atoms with Gasteiger partial charge in [0.15, 0.2) is 0 Å². The van der Waals surface area contributed by atoms with E-state index in [0.29, 0.717) is 23.7 Å². The van der Waals surface area contributed by atoms with Crippen LogP contribution in [0.5, 0.6) is 0 Å². The number of pyridine rings is 1. The number of hydrogen-bond acceptors (Lipinski definition) is 6. The van der Waals surface area contributed by atoms with Crippen molar-refractivity contribution in [1.29, 1.82) is 0 Å². The fraction of sp³-hybridized carbons (Fsp3) is 0.294. The highest BCUT2D eigenvalue weighted by atomic mass is 35.5. The van der Waals surface area contributed by atoms with Crippen LogP contribution in [0.15, 0.2) is 97.2 Å². The molecule has 4 aromatic rings. The highest BCUT2D eigenvalue weighted by molar-refractivity contribution is 6.31. The summed E-state index contributed by atoms with van der Waals surface area (Å²) in [5.74, 6) is 0.00558. The van der Waals surface area contributed by atoms with Crippen LogP contribution in [-0.2, 0) is 10.3 Å². The van der Waals surface area contributed by atoms with Gasteiger partial charge in [-0.1, -0.05) is 60.1 Å². The number of rotatable bonds is 9. The van der Waals surface area contributed by atoms with Gasteiger partial charge in [-0.2, -0.15) is 0 Å². The summed E-state index contributed by atoms with van der Waals surface area (Å²) in [6.07, 6.45) is 1.81. The number of nitrogens with zero attached hydrogens (tertiary/aromatic N) is 4. The van der Waals surface area contributed by atoms with Crippen LogP contribution in [0.2, 0.25) is 5.02 Å². The molecule has 1 aromatic heterocycles. The number of halogens is 1. The van der Waals surface area contributed by atoms with Crippen LogP contribution in [0.4, 0.5) is 17.1 Å². The number of ether oxygens (including phenoxy) is 1. The molecule has 0 fully saturated rings. The molecule has 42 heavy (non-hydrogen) atoms. The number of likely N-dealkylation sites (N-methyl/N-ethyl adjacent to an activating group) is 2. The van der Waals surface area contributed by atoms with Gasteiger partial charge in [-0.15, -0.1) is 0 Å². The first-order chi connectivity index (χ1) is 20.2. The Bertz CT molecular complexity index is 1410. The predicted molar refractivity (Wildman–Crippen MR) is 173 cm³/mol. The van der Waals surface area contributed by atoms with E-state index in [1.54, 1.807) is 0 Å². The minimum Gasteiger partial charge on any atom is -0.363 e. The molecule has 1 atom stereocenters. The van der Waals surface area contributed by atoms with Crippen LogP contribution in [0.25, 0.3) is 0 Å². The maximum atomic E-state index is 12.9. The molecule has 1 aliphatic heterocycles. The lowest BCUT2D eigenvalue weighted by molar-refractivity contribution is -0.0131. The van der Waals surface area contributed by atoms with Gasteiger partial charge >= 0.3 is 0 Å². The first-order valence-electron chi connectivity index (χ1n) is 14.1. The molecule has 0 saturated carbocycles. The molecule has 1 unspecified atom stereocenters. The van der Waals surface area contributed by atoms with E-state index in [0.717, 1.165) is 41.4 Å². The van der Waals surface area contributed by atoms with Crippen molar-refractivity contribution in [3.63, 3.8) is 0 Å². The van der Waals surface area contributed by atoms with Crippen molar-refractivity contribution in [3.8, 4) is 0 Å². The fourth-order valence-electron chi connectivity index (χ4n) is 4.68. The van der Waals surface area contributed by atoms with Crippen LogP contribution < -0.4 is 10.2 Å². The van der Waals surface area contributed by atoms with E-state index in [1.165, 1.54) is 0 Å². The maximum absolute atomic E-state index is 12.9. The Kier molecular flexibility index (Phi) is 10.7. The molecule has 0 radical (unpaired) electrons. The molecule has 1 amide bonds. The monoisotopic (exact) mass is 585 g/mol. The topological polar surface area (TPSA) is 60.9 Å². The number of carbonyl (C=O) groups is 1. The molecule has 2 heterocycles. The molecule has 7 nitrogen and oxygen atoms in total. The molecule has 8 heteroatoms. The van der Waals surface area contributed by atoms with Crippen molar-refractivity contribution >= 4 is 34.6 Å². The number of carbonyl (C=O) groups excluding carboxylic acids is 1. The van der Waals surface area contributed by atoms with Gasteiger partial charge in [0, 0.05) is 30.9 Å². The third-order valence-electron chi connectivity index (χ3n) is 7.10. The standard InChI is InChI=1S/C17H18ClN3O.C17H22N2O/c1-20(2)9-10-21-16-8-7-12(18)11-15(16)19-14-6-4-3-5-13(14)17(21)22;1-17(20-14-13-19(2)3,15-9-5-4-6-10-15)16-11-7-8-12-18-16/h3-8,11,19H,9-10H2,1-2H3;4-12H,13-14H2,1-3H3. The summed E-state index contributed by atoms with van der Waals surface area (Å²) in [5, 5.41) is 3.98. The number of hydrogen-bond donors (Lipinski definition) is 1. The Morgan fingerprint density at radius 3 is 2.24 bits per heavy atom. The van der Waals surface area contributed by atoms with Gasteiger partial charge in [-0.05, 0) is 83.1 Å². The summed E-state index contributed by atoms with van der Waals surface area (Å²) in [6, 6.07) is 29.3. The van der Waals surface area contributed by atoms with Crippen LogP contribution in [0.1, 0.15) is 28.5 Å². The smallest absolute Gasteiger partial charge is 0.260 e. The first kappa shape index (κ1) is 31.2. The zero-order chi connectivity index (χ0) is 30.1. The summed E-state index contributed by atoms with van der Waals surface area (Å²) in [4.78, 5) is 23.4. The molecule has 5 rings (SSSR count). The van der Waals surface area contributed by atoms with Gasteiger partial charge in [0.05, 0.1) is 34.9 Å². The Hall–Kier alpha value is -3.75. The second-order valence-electron chi connectivity index (χ2n) is 10.9. The first-order valence-corrected chi connectivity index (χ1v) is 14.4. The van der Waals surface area contributed by atoms with Crippen LogP contribution >= 0.6 is 11.6 Å². The fourth-order valence-corrected chi connectivity index (χ4v) is 4.86. The highest BCUT2D eigenvalue weighted by Crippen LogP contribution is 2.37. The summed E-state index contributed by atoms with van der Waals surface area (Å²) in [6.45, 7) is 5.04. The van der Waals surface area contributed by atoms with E-state index in [2.05, 4.69) is 39.2 Å². The van der Waals surface area contributed by atoms with Crippen molar-refractivity contribution in [3.05, 3.63) is 119 Å². The van der Waals surface area contributed by atoms with Crippen LogP contribution in [0, 0.1) is 0 Å². The Balaban J connectivity index is 0.000000194. The van der Waals surface area contributed by atoms with Gasteiger partial charge in [0.1, 0.15) is 5.60 Å². The molecule has 0 spiro atoms. The molecular formula is C34H40ClN5O2. The second-order valence-corrected chi connectivity index (χ2v) is 11.3. The zero-order valence-electron chi connectivity index (χ0n) is 25.0. The third kappa shape index (κ3) is 7.75. The SMILES string of the molecule is CN(C)CCN1C(=O)c2ccccc2Nc2cc(Cl)ccc21.CN(C)CCOC(C)(c1ccccc1)c1ccccn1. The molecule has 1 N–H and O–H groups in total. The van der Waals surface area contributed by atoms with Gasteiger partial charge in [0.2, 0.25) is 0 Å². The molecular weight excluding hydrogens is 546 g/mol. The third-order valence-corrected chi connectivity index (χ3v) is 7.33. The van der Waals surface area contributed by atoms with Gasteiger partial charge in [-0.25, -0.2) is 0 Å². The molecule has 0 aliphatic carbocycles. The predicted octanol–water partition coefficient (Wildman–Crippen LogP) is 6.53. The van der Waals surface area contributed by atoms with Crippen LogP contribution in [0.3, 0.4) is 0 Å². The normalized spacial score (nSPS) is 13.8.